The van der Waals surface area contributed by atoms with Gasteiger partial charge < -0.3 is 9.16 Å². The zero-order valence-corrected chi connectivity index (χ0v) is 9.06. The second-order valence-electron chi connectivity index (χ2n) is 2.31. The maximum Gasteiger partial charge on any atom is 0.145 e. The summed E-state index contributed by atoms with van der Waals surface area (Å²) in [5, 5.41) is 0. The highest BCUT2D eigenvalue weighted by molar-refractivity contribution is 5.97. The summed E-state index contributed by atoms with van der Waals surface area (Å²) in [5.74, 6) is 0. The van der Waals surface area contributed by atoms with E-state index in [2.05, 4.69) is 6.92 Å². The van der Waals surface area contributed by atoms with Gasteiger partial charge >= 0.3 is 0 Å². The highest BCUT2D eigenvalue weighted by atomic mass is 28.2. The van der Waals surface area contributed by atoms with Gasteiger partial charge in [0.05, 0.1) is 0 Å². The highest BCUT2D eigenvalue weighted by Gasteiger charge is 1.86. The Morgan fingerprint density at radius 1 is 1.10 bits per heavy atom. The SMILES string of the molecule is CCCCOCCCO[SiH3]. The Hall–Kier alpha value is 0.137. The van der Waals surface area contributed by atoms with Gasteiger partial charge in [0, 0.05) is 19.8 Å². The topological polar surface area (TPSA) is 18.5 Å². The third-order valence-corrected chi connectivity index (χ3v) is 1.69. The van der Waals surface area contributed by atoms with Crippen molar-refractivity contribution in [3.05, 3.63) is 0 Å². The van der Waals surface area contributed by atoms with E-state index in [1.165, 1.54) is 12.8 Å². The van der Waals surface area contributed by atoms with Crippen LogP contribution >= 0.6 is 0 Å². The molecule has 0 bridgehead atoms. The Morgan fingerprint density at radius 2 is 1.80 bits per heavy atom. The first-order valence-corrected chi connectivity index (χ1v) is 4.80. The largest absolute Gasteiger partial charge is 0.428 e. The molecule has 0 heterocycles. The maximum absolute atomic E-state index is 5.31. The summed E-state index contributed by atoms with van der Waals surface area (Å²) >= 11 is 0. The van der Waals surface area contributed by atoms with Crippen LogP contribution in [0.5, 0.6) is 0 Å². The van der Waals surface area contributed by atoms with Gasteiger partial charge in [-0.3, -0.25) is 0 Å². The molecule has 0 radical (unpaired) electrons. The normalized spacial score (nSPS) is 10.5. The summed E-state index contributed by atoms with van der Waals surface area (Å²) < 4.78 is 10.3. The van der Waals surface area contributed by atoms with E-state index in [1.807, 2.05) is 0 Å². The van der Waals surface area contributed by atoms with Crippen LogP contribution in [0.4, 0.5) is 0 Å². The summed E-state index contributed by atoms with van der Waals surface area (Å²) in [6.45, 7) is 4.82. The smallest absolute Gasteiger partial charge is 0.145 e. The molecule has 0 aliphatic rings. The van der Waals surface area contributed by atoms with Crippen molar-refractivity contribution in [2.45, 2.75) is 26.2 Å². The minimum absolute atomic E-state index is 0.853. The van der Waals surface area contributed by atoms with Crippen LogP contribution in [0, 0.1) is 0 Å². The zero-order valence-electron chi connectivity index (χ0n) is 7.06. The van der Waals surface area contributed by atoms with Crippen molar-refractivity contribution in [3.8, 4) is 0 Å². The van der Waals surface area contributed by atoms with E-state index in [0.29, 0.717) is 0 Å². The van der Waals surface area contributed by atoms with Crippen molar-refractivity contribution in [2.75, 3.05) is 19.8 Å². The summed E-state index contributed by atoms with van der Waals surface area (Å²) in [7, 11) is 0.853. The summed E-state index contributed by atoms with van der Waals surface area (Å²) in [6, 6.07) is 0. The number of hydrogen-bond acceptors (Lipinski definition) is 2. The van der Waals surface area contributed by atoms with E-state index < -0.39 is 0 Å². The van der Waals surface area contributed by atoms with Crippen LogP contribution in [-0.4, -0.2) is 30.3 Å². The van der Waals surface area contributed by atoms with Crippen LogP contribution in [0.3, 0.4) is 0 Å². The van der Waals surface area contributed by atoms with Crippen LogP contribution in [0.1, 0.15) is 26.2 Å². The predicted molar refractivity (Wildman–Crippen MR) is 46.2 cm³/mol. The van der Waals surface area contributed by atoms with E-state index in [4.69, 9.17) is 9.16 Å². The maximum atomic E-state index is 5.31. The number of unbranched alkanes of at least 4 members (excludes halogenated alkanes) is 1. The van der Waals surface area contributed by atoms with Crippen molar-refractivity contribution in [2.24, 2.45) is 0 Å². The Kier molecular flexibility index (Phi) is 9.26. The van der Waals surface area contributed by atoms with E-state index in [9.17, 15) is 0 Å². The third kappa shape index (κ3) is 8.14. The fourth-order valence-electron chi connectivity index (χ4n) is 0.654. The van der Waals surface area contributed by atoms with Crippen LogP contribution in [-0.2, 0) is 9.16 Å². The minimum Gasteiger partial charge on any atom is -0.428 e. The van der Waals surface area contributed by atoms with Gasteiger partial charge in [-0.1, -0.05) is 13.3 Å². The lowest BCUT2D eigenvalue weighted by Crippen LogP contribution is -2.00. The Labute approximate surface area is 66.5 Å². The van der Waals surface area contributed by atoms with Gasteiger partial charge in [-0.15, -0.1) is 0 Å². The van der Waals surface area contributed by atoms with Gasteiger partial charge in [-0.2, -0.15) is 0 Å². The first kappa shape index (κ1) is 10.1. The fourth-order valence-corrected chi connectivity index (χ4v) is 0.942. The molecular weight excluding hydrogens is 144 g/mol. The second kappa shape index (κ2) is 9.14. The Balaban J connectivity index is 2.65. The molecule has 0 rings (SSSR count). The van der Waals surface area contributed by atoms with E-state index in [0.717, 1.165) is 36.7 Å². The molecule has 0 aliphatic carbocycles. The lowest BCUT2D eigenvalue weighted by Gasteiger charge is -2.01. The molecule has 2 nitrogen and oxygen atoms in total. The molecule has 0 spiro atoms. The van der Waals surface area contributed by atoms with Gasteiger partial charge in [0.1, 0.15) is 10.5 Å². The third-order valence-electron chi connectivity index (χ3n) is 1.28. The molecule has 0 saturated heterocycles. The van der Waals surface area contributed by atoms with Gasteiger partial charge in [0.25, 0.3) is 0 Å². The van der Waals surface area contributed by atoms with Crippen LogP contribution in [0.15, 0.2) is 0 Å². The molecular formula is C7H18O2Si. The summed E-state index contributed by atoms with van der Waals surface area (Å²) in [4.78, 5) is 0. The molecule has 0 aromatic rings. The van der Waals surface area contributed by atoms with Crippen LogP contribution in [0.2, 0.25) is 0 Å². The second-order valence-corrected chi connectivity index (χ2v) is 2.89. The van der Waals surface area contributed by atoms with E-state index >= 15 is 0 Å². The van der Waals surface area contributed by atoms with Crippen molar-refractivity contribution >= 4 is 10.5 Å². The molecule has 0 unspecified atom stereocenters. The first-order valence-electron chi connectivity index (χ1n) is 3.98. The molecule has 0 aromatic heterocycles. The van der Waals surface area contributed by atoms with Crippen molar-refractivity contribution < 1.29 is 9.16 Å². The molecule has 0 fully saturated rings. The Morgan fingerprint density at radius 3 is 2.40 bits per heavy atom. The zero-order chi connectivity index (χ0) is 7.66. The van der Waals surface area contributed by atoms with Crippen molar-refractivity contribution in [1.82, 2.24) is 0 Å². The molecule has 62 valence electrons. The molecule has 0 atom stereocenters. The van der Waals surface area contributed by atoms with Crippen molar-refractivity contribution in [3.63, 3.8) is 0 Å². The average molecular weight is 162 g/mol. The minimum atomic E-state index is 0.853. The molecule has 10 heavy (non-hydrogen) atoms. The summed E-state index contributed by atoms with van der Waals surface area (Å²) in [5.41, 5.74) is 0. The van der Waals surface area contributed by atoms with Crippen LogP contribution < -0.4 is 0 Å². The van der Waals surface area contributed by atoms with Gasteiger partial charge in [-0.05, 0) is 12.8 Å². The molecule has 0 saturated carbocycles. The fraction of sp³-hybridized carbons (Fsp3) is 1.00. The van der Waals surface area contributed by atoms with Crippen molar-refractivity contribution in [1.29, 1.82) is 0 Å². The molecule has 0 N–H and O–H groups in total. The van der Waals surface area contributed by atoms with Gasteiger partial charge in [0.2, 0.25) is 0 Å². The van der Waals surface area contributed by atoms with E-state index in [1.54, 1.807) is 0 Å². The van der Waals surface area contributed by atoms with Gasteiger partial charge in [-0.25, -0.2) is 0 Å². The standard InChI is InChI=1S/C7H18O2Si/c1-2-3-5-8-6-4-7-9-10/h2-7H2,1,10H3. The van der Waals surface area contributed by atoms with Crippen LogP contribution in [0.25, 0.3) is 0 Å². The lowest BCUT2D eigenvalue weighted by molar-refractivity contribution is 0.118. The average Bonchev–Trinajstić information content (AvgIpc) is 1.97. The number of ether oxygens (including phenoxy) is 1. The van der Waals surface area contributed by atoms with E-state index in [-0.39, 0.29) is 0 Å². The summed E-state index contributed by atoms with van der Waals surface area (Å²) in [6.07, 6.45) is 3.45. The number of hydrogen-bond donors (Lipinski definition) is 0. The monoisotopic (exact) mass is 162 g/mol. The number of rotatable bonds is 7. The molecule has 0 aliphatic heterocycles. The Bertz CT molecular complexity index is 51.6. The predicted octanol–water partition coefficient (Wildman–Crippen LogP) is 0.490. The first-order chi connectivity index (χ1) is 4.91. The molecule has 3 heteroatoms. The quantitative estimate of drug-likeness (QED) is 0.401. The molecule has 0 amide bonds. The molecule has 0 aromatic carbocycles. The highest BCUT2D eigenvalue weighted by Crippen LogP contribution is 1.89. The lowest BCUT2D eigenvalue weighted by atomic mass is 10.4. The van der Waals surface area contributed by atoms with Gasteiger partial charge in [0.15, 0.2) is 0 Å².